The molecule has 0 spiro atoms. The largest absolute Gasteiger partial charge is 0.247 e. The normalized spacial score (nSPS) is 12.4. The summed E-state index contributed by atoms with van der Waals surface area (Å²) in [4.78, 5) is 11.2. The lowest BCUT2D eigenvalue weighted by Crippen LogP contribution is -1.99. The van der Waals surface area contributed by atoms with E-state index in [0.29, 0.717) is 0 Å². The Balaban J connectivity index is 1.31. The molecule has 10 aromatic carbocycles. The fourth-order valence-corrected chi connectivity index (χ4v) is 9.78. The van der Waals surface area contributed by atoms with Gasteiger partial charge in [-0.2, -0.15) is 0 Å². The Labute approximate surface area is 312 Å². The number of hydrogen-bond acceptors (Lipinski definition) is 2. The minimum absolute atomic E-state index is 0.976. The van der Waals surface area contributed by atoms with Crippen LogP contribution in [-0.2, 0) is 12.8 Å². The smallest absolute Gasteiger partial charge is 0.0801 e. The van der Waals surface area contributed by atoms with Crippen LogP contribution in [0.2, 0.25) is 0 Å². The zero-order valence-corrected chi connectivity index (χ0v) is 30.2. The Morgan fingerprint density at radius 3 is 1.17 bits per heavy atom. The average molecular weight is 687 g/mol. The van der Waals surface area contributed by atoms with E-state index >= 15 is 0 Å². The van der Waals surface area contributed by atoms with Gasteiger partial charge in [0.1, 0.15) is 0 Å². The van der Waals surface area contributed by atoms with Gasteiger partial charge >= 0.3 is 0 Å². The number of hydrogen-bond donors (Lipinski definition) is 0. The number of pyridine rings is 2. The standard InChI is InChI=1S/C52H34N2/c1-3-29-25-31-13-5-7-15-33(31)41(27-29)45-35-17-9-11-19-37(35)51-47-39(45)21-23-43-49(47)50-44(53-51)24-22-40-46(36-18-10-12-20-38(36)52(54-43)48(40)50)42-28-30(4-2)26-32-14-6-8-16-34(32)42/h5-28H,3-4H2,1-2H3. The van der Waals surface area contributed by atoms with Crippen molar-refractivity contribution in [1.82, 2.24) is 9.97 Å². The number of nitrogens with zero attached hydrogens (tertiary/aromatic N) is 2. The molecule has 0 N–H and O–H groups in total. The lowest BCUT2D eigenvalue weighted by molar-refractivity contribution is 1.15. The number of aryl methyl sites for hydroxylation is 2. The number of rotatable bonds is 4. The molecule has 0 fully saturated rings. The Hall–Kier alpha value is -6.64. The summed E-state index contributed by atoms with van der Waals surface area (Å²) in [6.45, 7) is 4.50. The monoisotopic (exact) mass is 686 g/mol. The first-order valence-corrected chi connectivity index (χ1v) is 19.2. The molecule has 0 saturated carbocycles. The van der Waals surface area contributed by atoms with Crippen LogP contribution in [0.3, 0.4) is 0 Å². The lowest BCUT2D eigenvalue weighted by Gasteiger charge is -2.22. The molecule has 0 bridgehead atoms. The Kier molecular flexibility index (Phi) is 6.06. The highest BCUT2D eigenvalue weighted by atomic mass is 14.7. The maximum Gasteiger partial charge on any atom is 0.0801 e. The second-order valence-corrected chi connectivity index (χ2v) is 15.0. The fourth-order valence-electron chi connectivity index (χ4n) is 9.78. The first-order valence-electron chi connectivity index (χ1n) is 19.2. The average Bonchev–Trinajstić information content (AvgIpc) is 3.23. The van der Waals surface area contributed by atoms with Crippen LogP contribution in [0.5, 0.6) is 0 Å². The second kappa shape index (κ2) is 10.9. The molecule has 0 saturated heterocycles. The fraction of sp³-hybridized carbons (Fsp3) is 0.0769. The van der Waals surface area contributed by atoms with Crippen LogP contribution in [0.1, 0.15) is 25.0 Å². The summed E-state index contributed by atoms with van der Waals surface area (Å²) in [5.74, 6) is 0. The van der Waals surface area contributed by atoms with E-state index in [9.17, 15) is 0 Å². The number of aromatic nitrogens is 2. The molecule has 12 aromatic rings. The van der Waals surface area contributed by atoms with Crippen LogP contribution in [0, 0.1) is 0 Å². The van der Waals surface area contributed by atoms with Gasteiger partial charge in [-0.1, -0.05) is 147 Å². The van der Waals surface area contributed by atoms with Gasteiger partial charge in [-0.3, -0.25) is 0 Å². The van der Waals surface area contributed by atoms with E-state index in [1.807, 2.05) is 0 Å². The van der Waals surface area contributed by atoms with Crippen LogP contribution in [-0.4, -0.2) is 9.97 Å². The highest BCUT2D eigenvalue weighted by molar-refractivity contribution is 6.41. The maximum atomic E-state index is 5.62. The molecule has 2 heteroatoms. The van der Waals surface area contributed by atoms with Crippen molar-refractivity contribution in [2.24, 2.45) is 0 Å². The molecule has 54 heavy (non-hydrogen) atoms. The zero-order valence-electron chi connectivity index (χ0n) is 30.2. The minimum Gasteiger partial charge on any atom is -0.247 e. The van der Waals surface area contributed by atoms with Crippen molar-refractivity contribution in [3.63, 3.8) is 0 Å². The van der Waals surface area contributed by atoms with Gasteiger partial charge in [-0.25, -0.2) is 9.97 Å². The van der Waals surface area contributed by atoms with Gasteiger partial charge in [0.25, 0.3) is 0 Å². The Morgan fingerprint density at radius 1 is 0.352 bits per heavy atom. The first kappa shape index (κ1) is 29.9. The molecule has 2 heterocycles. The molecule has 252 valence electrons. The highest BCUT2D eigenvalue weighted by Gasteiger charge is 2.26. The van der Waals surface area contributed by atoms with E-state index in [1.165, 1.54) is 109 Å². The minimum atomic E-state index is 0.976. The highest BCUT2D eigenvalue weighted by Crippen LogP contribution is 2.51. The van der Waals surface area contributed by atoms with Crippen molar-refractivity contribution in [3.05, 3.63) is 157 Å². The van der Waals surface area contributed by atoms with E-state index in [2.05, 4.69) is 159 Å². The summed E-state index contributed by atoms with van der Waals surface area (Å²) in [6.07, 6.45) is 1.95. The predicted molar refractivity (Wildman–Crippen MR) is 232 cm³/mol. The summed E-state index contributed by atoms with van der Waals surface area (Å²) in [5.41, 5.74) is 11.9. The summed E-state index contributed by atoms with van der Waals surface area (Å²) in [5, 5.41) is 17.2. The van der Waals surface area contributed by atoms with Crippen molar-refractivity contribution in [2.75, 3.05) is 0 Å². The van der Waals surface area contributed by atoms with Gasteiger partial charge in [-0.15, -0.1) is 0 Å². The number of benzene rings is 10. The lowest BCUT2D eigenvalue weighted by atomic mass is 9.83. The van der Waals surface area contributed by atoms with Gasteiger partial charge < -0.3 is 0 Å². The van der Waals surface area contributed by atoms with Crippen molar-refractivity contribution >= 4 is 97.5 Å². The van der Waals surface area contributed by atoms with Crippen molar-refractivity contribution in [2.45, 2.75) is 26.7 Å². The SMILES string of the molecule is CCc1cc(-c2c3ccccc3c3nc4ccc5c(-c6cc(CC)cc7ccccc67)c6ccccc6c6nc7ccc2c3c7c4c56)c2ccccc2c1. The molecule has 0 atom stereocenters. The maximum absolute atomic E-state index is 5.62. The van der Waals surface area contributed by atoms with Gasteiger partial charge in [0, 0.05) is 32.3 Å². The third kappa shape index (κ3) is 3.90. The third-order valence-electron chi connectivity index (χ3n) is 12.2. The molecule has 2 nitrogen and oxygen atoms in total. The van der Waals surface area contributed by atoms with E-state index in [4.69, 9.17) is 9.97 Å². The molecule has 0 aliphatic heterocycles. The van der Waals surface area contributed by atoms with Crippen LogP contribution in [0.15, 0.2) is 146 Å². The zero-order chi connectivity index (χ0) is 35.7. The molecule has 0 unspecified atom stereocenters. The van der Waals surface area contributed by atoms with Gasteiger partial charge in [0.15, 0.2) is 0 Å². The summed E-state index contributed by atoms with van der Waals surface area (Å²) < 4.78 is 0. The van der Waals surface area contributed by atoms with E-state index in [1.54, 1.807) is 0 Å². The van der Waals surface area contributed by atoms with E-state index in [0.717, 1.165) is 34.9 Å². The molecule has 0 aliphatic carbocycles. The van der Waals surface area contributed by atoms with Crippen LogP contribution >= 0.6 is 0 Å². The third-order valence-corrected chi connectivity index (χ3v) is 12.2. The predicted octanol–water partition coefficient (Wildman–Crippen LogP) is 14.2. The van der Waals surface area contributed by atoms with E-state index in [-0.39, 0.29) is 0 Å². The summed E-state index contributed by atoms with van der Waals surface area (Å²) in [6, 6.07) is 54.2. The van der Waals surface area contributed by atoms with Gasteiger partial charge in [0.05, 0.1) is 22.1 Å². The molecule has 0 radical (unpaired) electrons. The van der Waals surface area contributed by atoms with Crippen LogP contribution < -0.4 is 0 Å². The summed E-state index contributed by atoms with van der Waals surface area (Å²) in [7, 11) is 0. The number of fused-ring (bicyclic) bond motifs is 6. The Bertz CT molecular complexity index is 3290. The van der Waals surface area contributed by atoms with Crippen LogP contribution in [0.4, 0.5) is 0 Å². The van der Waals surface area contributed by atoms with Gasteiger partial charge in [-0.05, 0) is 101 Å². The molecular weight excluding hydrogens is 653 g/mol. The van der Waals surface area contributed by atoms with Crippen molar-refractivity contribution in [1.29, 1.82) is 0 Å². The second-order valence-electron chi connectivity index (χ2n) is 15.0. The topological polar surface area (TPSA) is 25.8 Å². The van der Waals surface area contributed by atoms with Gasteiger partial charge in [0.2, 0.25) is 0 Å². The molecule has 0 aliphatic rings. The summed E-state index contributed by atoms with van der Waals surface area (Å²) >= 11 is 0. The van der Waals surface area contributed by atoms with Crippen molar-refractivity contribution in [3.8, 4) is 22.3 Å². The van der Waals surface area contributed by atoms with Crippen LogP contribution in [0.25, 0.3) is 120 Å². The Morgan fingerprint density at radius 2 is 0.741 bits per heavy atom. The first-order chi connectivity index (χ1) is 26.7. The molecule has 2 aromatic heterocycles. The molecule has 12 rings (SSSR count). The quantitative estimate of drug-likeness (QED) is 0.136. The van der Waals surface area contributed by atoms with Crippen molar-refractivity contribution < 1.29 is 0 Å². The molecule has 0 amide bonds. The van der Waals surface area contributed by atoms with E-state index < -0.39 is 0 Å². The molecular formula is C52H34N2.